The van der Waals surface area contributed by atoms with Crippen molar-refractivity contribution in [3.8, 4) is 11.5 Å². The number of anilines is 1. The number of benzene rings is 2. The van der Waals surface area contributed by atoms with Crippen LogP contribution in [0.4, 0.5) is 5.69 Å². The third kappa shape index (κ3) is 3.79. The van der Waals surface area contributed by atoms with E-state index >= 15 is 0 Å². The normalized spacial score (nSPS) is 12.1. The van der Waals surface area contributed by atoms with E-state index in [1.807, 2.05) is 24.3 Å². The quantitative estimate of drug-likeness (QED) is 0.856. The Balaban J connectivity index is 1.45. The van der Waals surface area contributed by atoms with Crippen LogP contribution in [0.25, 0.3) is 0 Å². The summed E-state index contributed by atoms with van der Waals surface area (Å²) in [5, 5.41) is 6.28. The topological polar surface area (TPSA) is 59.6 Å². The van der Waals surface area contributed by atoms with Crippen molar-refractivity contribution in [1.29, 1.82) is 0 Å². The van der Waals surface area contributed by atoms with Crippen LogP contribution in [0.2, 0.25) is 0 Å². The summed E-state index contributed by atoms with van der Waals surface area (Å²) < 4.78 is 10.6. The Morgan fingerprint density at radius 2 is 1.83 bits per heavy atom. The number of hydrogen-bond donors (Lipinski definition) is 2. The molecule has 0 atom stereocenters. The second kappa shape index (κ2) is 7.25. The first-order chi connectivity index (χ1) is 11.6. The van der Waals surface area contributed by atoms with Gasteiger partial charge in [-0.05, 0) is 42.7 Å². The summed E-state index contributed by atoms with van der Waals surface area (Å²) in [6.07, 6.45) is 0.429. The van der Waals surface area contributed by atoms with Crippen molar-refractivity contribution in [2.45, 2.75) is 26.8 Å². The maximum Gasteiger partial charge on any atom is 0.231 e. The van der Waals surface area contributed by atoms with Gasteiger partial charge in [0, 0.05) is 25.2 Å². The van der Waals surface area contributed by atoms with Crippen LogP contribution in [0.15, 0.2) is 36.4 Å². The highest BCUT2D eigenvalue weighted by Gasteiger charge is 2.13. The maximum absolute atomic E-state index is 12.0. The van der Waals surface area contributed by atoms with Crippen molar-refractivity contribution >= 4 is 11.6 Å². The number of aryl methyl sites for hydroxylation is 2. The zero-order valence-electron chi connectivity index (χ0n) is 14.0. The Morgan fingerprint density at radius 3 is 2.62 bits per heavy atom. The fraction of sp³-hybridized carbons (Fsp3) is 0.316. The lowest BCUT2D eigenvalue weighted by Gasteiger charge is -2.12. The highest BCUT2D eigenvalue weighted by molar-refractivity contribution is 5.76. The molecule has 1 amide bonds. The summed E-state index contributed by atoms with van der Waals surface area (Å²) in [6, 6.07) is 11.9. The molecule has 2 N–H and O–H groups in total. The molecule has 126 valence electrons. The number of rotatable bonds is 6. The Morgan fingerprint density at radius 1 is 1.08 bits per heavy atom. The van der Waals surface area contributed by atoms with E-state index in [1.54, 1.807) is 0 Å². The summed E-state index contributed by atoms with van der Waals surface area (Å²) in [4.78, 5) is 12.0. The number of para-hydroxylation sites is 1. The first-order valence-corrected chi connectivity index (χ1v) is 8.09. The molecule has 1 aliphatic rings. The monoisotopic (exact) mass is 326 g/mol. The molecule has 3 rings (SSSR count). The van der Waals surface area contributed by atoms with Crippen molar-refractivity contribution in [3.63, 3.8) is 0 Å². The highest BCUT2D eigenvalue weighted by atomic mass is 16.7. The molecule has 0 fully saturated rings. The minimum Gasteiger partial charge on any atom is -0.454 e. The predicted molar refractivity (Wildman–Crippen MR) is 93.4 cm³/mol. The fourth-order valence-corrected chi connectivity index (χ4v) is 2.73. The van der Waals surface area contributed by atoms with Crippen molar-refractivity contribution < 1.29 is 14.3 Å². The molecule has 2 aromatic carbocycles. The average Bonchev–Trinajstić information content (AvgIpc) is 3.03. The lowest BCUT2D eigenvalue weighted by molar-refractivity contribution is -0.121. The number of amides is 1. The molecule has 2 aromatic rings. The van der Waals surface area contributed by atoms with E-state index in [0.717, 1.165) is 22.7 Å². The van der Waals surface area contributed by atoms with Gasteiger partial charge in [-0.3, -0.25) is 4.79 Å². The summed E-state index contributed by atoms with van der Waals surface area (Å²) >= 11 is 0. The molecule has 5 heteroatoms. The van der Waals surface area contributed by atoms with Crippen LogP contribution in [0.3, 0.4) is 0 Å². The zero-order chi connectivity index (χ0) is 16.9. The van der Waals surface area contributed by atoms with Crippen LogP contribution in [0, 0.1) is 13.8 Å². The van der Waals surface area contributed by atoms with Crippen molar-refractivity contribution in [3.05, 3.63) is 53.1 Å². The van der Waals surface area contributed by atoms with E-state index in [0.29, 0.717) is 19.5 Å². The van der Waals surface area contributed by atoms with Gasteiger partial charge in [0.15, 0.2) is 11.5 Å². The van der Waals surface area contributed by atoms with Crippen LogP contribution < -0.4 is 20.1 Å². The summed E-state index contributed by atoms with van der Waals surface area (Å²) in [5.41, 5.74) is 4.49. The van der Waals surface area contributed by atoms with Gasteiger partial charge < -0.3 is 20.1 Å². The number of fused-ring (bicyclic) bond motifs is 1. The van der Waals surface area contributed by atoms with Gasteiger partial charge >= 0.3 is 0 Å². The van der Waals surface area contributed by atoms with E-state index in [9.17, 15) is 4.79 Å². The minimum absolute atomic E-state index is 0.0198. The van der Waals surface area contributed by atoms with Crippen LogP contribution in [-0.2, 0) is 11.3 Å². The van der Waals surface area contributed by atoms with Crippen LogP contribution in [-0.4, -0.2) is 19.2 Å². The van der Waals surface area contributed by atoms with Gasteiger partial charge in [-0.15, -0.1) is 0 Å². The third-order valence-corrected chi connectivity index (χ3v) is 4.06. The molecule has 1 aliphatic heterocycles. The lowest BCUT2D eigenvalue weighted by Crippen LogP contribution is -2.25. The zero-order valence-corrected chi connectivity index (χ0v) is 14.0. The van der Waals surface area contributed by atoms with Crippen LogP contribution >= 0.6 is 0 Å². The van der Waals surface area contributed by atoms with Gasteiger partial charge in [-0.2, -0.15) is 0 Å². The first kappa shape index (κ1) is 16.2. The largest absolute Gasteiger partial charge is 0.454 e. The summed E-state index contributed by atoms with van der Waals surface area (Å²) in [5.74, 6) is 1.51. The number of hydrogen-bond acceptors (Lipinski definition) is 4. The van der Waals surface area contributed by atoms with E-state index in [-0.39, 0.29) is 12.7 Å². The number of carbonyl (C=O) groups excluding carboxylic acids is 1. The van der Waals surface area contributed by atoms with E-state index in [4.69, 9.17) is 9.47 Å². The summed E-state index contributed by atoms with van der Waals surface area (Å²) in [7, 11) is 0. The molecular weight excluding hydrogens is 304 g/mol. The van der Waals surface area contributed by atoms with E-state index in [2.05, 4.69) is 36.6 Å². The Hall–Kier alpha value is -2.69. The maximum atomic E-state index is 12.0. The van der Waals surface area contributed by atoms with Crippen molar-refractivity contribution in [2.75, 3.05) is 18.7 Å². The molecule has 0 unspecified atom stereocenters. The Bertz CT molecular complexity index is 723. The molecule has 1 heterocycles. The van der Waals surface area contributed by atoms with Gasteiger partial charge in [0.05, 0.1) is 0 Å². The highest BCUT2D eigenvalue weighted by Crippen LogP contribution is 2.32. The van der Waals surface area contributed by atoms with E-state index in [1.165, 1.54) is 11.1 Å². The molecular formula is C19H22N2O3. The SMILES string of the molecule is Cc1cccc(C)c1NCCC(=O)NCc1ccc2c(c1)OCO2. The molecule has 0 saturated heterocycles. The second-order valence-electron chi connectivity index (χ2n) is 5.91. The predicted octanol–water partition coefficient (Wildman–Crippen LogP) is 3.15. The first-order valence-electron chi connectivity index (χ1n) is 8.09. The van der Waals surface area contributed by atoms with Gasteiger partial charge in [0.2, 0.25) is 12.7 Å². The molecule has 0 bridgehead atoms. The molecule has 0 aliphatic carbocycles. The molecule has 0 spiro atoms. The van der Waals surface area contributed by atoms with Gasteiger partial charge in [-0.25, -0.2) is 0 Å². The smallest absolute Gasteiger partial charge is 0.231 e. The second-order valence-corrected chi connectivity index (χ2v) is 5.91. The molecule has 0 saturated carbocycles. The van der Waals surface area contributed by atoms with E-state index < -0.39 is 0 Å². The summed E-state index contributed by atoms with van der Waals surface area (Å²) in [6.45, 7) is 5.48. The average molecular weight is 326 g/mol. The number of ether oxygens (including phenoxy) is 2. The molecule has 0 aromatic heterocycles. The number of carbonyl (C=O) groups is 1. The minimum atomic E-state index is 0.0198. The molecule has 0 radical (unpaired) electrons. The van der Waals surface area contributed by atoms with Crippen LogP contribution in [0.1, 0.15) is 23.1 Å². The Labute approximate surface area is 142 Å². The lowest BCUT2D eigenvalue weighted by atomic mass is 10.1. The van der Waals surface area contributed by atoms with Gasteiger partial charge in [0.25, 0.3) is 0 Å². The fourth-order valence-electron chi connectivity index (χ4n) is 2.73. The standard InChI is InChI=1S/C19H22N2O3/c1-13-4-3-5-14(2)19(13)20-9-8-18(22)21-11-15-6-7-16-17(10-15)24-12-23-16/h3-7,10,20H,8-9,11-12H2,1-2H3,(H,21,22). The van der Waals surface area contributed by atoms with Crippen molar-refractivity contribution in [2.24, 2.45) is 0 Å². The third-order valence-electron chi connectivity index (χ3n) is 4.06. The van der Waals surface area contributed by atoms with Gasteiger partial charge in [0.1, 0.15) is 0 Å². The number of nitrogens with one attached hydrogen (secondary N) is 2. The van der Waals surface area contributed by atoms with Gasteiger partial charge in [-0.1, -0.05) is 24.3 Å². The van der Waals surface area contributed by atoms with Crippen LogP contribution in [0.5, 0.6) is 11.5 Å². The Kier molecular flexibility index (Phi) is 4.89. The molecule has 24 heavy (non-hydrogen) atoms. The molecule has 5 nitrogen and oxygen atoms in total. The van der Waals surface area contributed by atoms with Crippen molar-refractivity contribution in [1.82, 2.24) is 5.32 Å².